The van der Waals surface area contributed by atoms with Crippen LogP contribution >= 0.6 is 0 Å². The lowest BCUT2D eigenvalue weighted by Crippen LogP contribution is -2.37. The Morgan fingerprint density at radius 1 is 1.32 bits per heavy atom. The molecule has 1 rings (SSSR count). The van der Waals surface area contributed by atoms with Gasteiger partial charge in [0, 0.05) is 13.6 Å². The van der Waals surface area contributed by atoms with Gasteiger partial charge in [-0.05, 0) is 29.7 Å². The number of benzene rings is 1. The number of hydrogen-bond donors (Lipinski definition) is 0. The van der Waals surface area contributed by atoms with E-state index < -0.39 is 0 Å². The summed E-state index contributed by atoms with van der Waals surface area (Å²) >= 11 is 0. The SMILES string of the molecule is CN(CC(C)(C)C)C(=O)COc1ccc(C#N)cc1. The topological polar surface area (TPSA) is 53.3 Å². The minimum atomic E-state index is -0.0562. The van der Waals surface area contributed by atoms with Crippen LogP contribution in [0.3, 0.4) is 0 Å². The lowest BCUT2D eigenvalue weighted by molar-refractivity contribution is -0.133. The predicted octanol–water partition coefficient (Wildman–Crippen LogP) is 2.44. The number of nitrogens with zero attached hydrogens (tertiary/aromatic N) is 2. The van der Waals surface area contributed by atoms with Crippen molar-refractivity contribution in [3.63, 3.8) is 0 Å². The molecular formula is C15H20N2O2. The van der Waals surface area contributed by atoms with Crippen LogP contribution in [0.1, 0.15) is 26.3 Å². The molecule has 19 heavy (non-hydrogen) atoms. The van der Waals surface area contributed by atoms with Gasteiger partial charge in [0.15, 0.2) is 6.61 Å². The monoisotopic (exact) mass is 260 g/mol. The summed E-state index contributed by atoms with van der Waals surface area (Å²) in [5.41, 5.74) is 0.641. The highest BCUT2D eigenvalue weighted by Crippen LogP contribution is 2.15. The first-order chi connectivity index (χ1) is 8.81. The molecule has 0 radical (unpaired) electrons. The Labute approximate surface area is 114 Å². The Kier molecular flexibility index (Phi) is 4.94. The Balaban J connectivity index is 2.47. The molecule has 0 saturated heterocycles. The van der Waals surface area contributed by atoms with E-state index in [9.17, 15) is 4.79 Å². The number of hydrogen-bond acceptors (Lipinski definition) is 3. The van der Waals surface area contributed by atoms with Crippen molar-refractivity contribution in [1.82, 2.24) is 4.90 Å². The Hall–Kier alpha value is -2.02. The molecule has 0 spiro atoms. The molecule has 4 nitrogen and oxygen atoms in total. The van der Waals surface area contributed by atoms with Crippen molar-refractivity contribution in [2.45, 2.75) is 20.8 Å². The van der Waals surface area contributed by atoms with Crippen molar-refractivity contribution in [2.75, 3.05) is 20.2 Å². The van der Waals surface area contributed by atoms with Crippen molar-refractivity contribution in [3.8, 4) is 11.8 Å². The third-order valence-corrected chi connectivity index (χ3v) is 2.48. The second-order valence-corrected chi connectivity index (χ2v) is 5.74. The van der Waals surface area contributed by atoms with Gasteiger partial charge >= 0.3 is 0 Å². The molecule has 0 aliphatic heterocycles. The minimum Gasteiger partial charge on any atom is -0.484 e. The van der Waals surface area contributed by atoms with Crippen molar-refractivity contribution in [2.24, 2.45) is 5.41 Å². The predicted molar refractivity (Wildman–Crippen MR) is 73.7 cm³/mol. The van der Waals surface area contributed by atoms with Gasteiger partial charge in [0.25, 0.3) is 5.91 Å². The Morgan fingerprint density at radius 2 is 1.89 bits per heavy atom. The molecule has 0 aromatic heterocycles. The van der Waals surface area contributed by atoms with E-state index >= 15 is 0 Å². The summed E-state index contributed by atoms with van der Waals surface area (Å²) in [7, 11) is 1.77. The first-order valence-electron chi connectivity index (χ1n) is 6.19. The molecule has 0 bridgehead atoms. The summed E-state index contributed by atoms with van der Waals surface area (Å²) in [6, 6.07) is 8.74. The third-order valence-electron chi connectivity index (χ3n) is 2.48. The highest BCUT2D eigenvalue weighted by molar-refractivity contribution is 5.77. The molecule has 1 amide bonds. The number of amides is 1. The van der Waals surface area contributed by atoms with Crippen LogP contribution in [0.15, 0.2) is 24.3 Å². The number of nitriles is 1. The van der Waals surface area contributed by atoms with E-state index in [0.29, 0.717) is 17.9 Å². The molecule has 4 heteroatoms. The minimum absolute atomic E-state index is 0.0124. The average molecular weight is 260 g/mol. The van der Waals surface area contributed by atoms with E-state index in [4.69, 9.17) is 10.00 Å². The zero-order chi connectivity index (χ0) is 14.5. The number of ether oxygens (including phenoxy) is 1. The normalized spacial score (nSPS) is 10.7. The van der Waals surface area contributed by atoms with Gasteiger partial charge in [-0.1, -0.05) is 20.8 Å². The summed E-state index contributed by atoms with van der Waals surface area (Å²) in [5, 5.41) is 8.68. The summed E-state index contributed by atoms with van der Waals surface area (Å²) in [6.07, 6.45) is 0. The first-order valence-corrected chi connectivity index (χ1v) is 6.19. The number of carbonyl (C=O) groups is 1. The van der Waals surface area contributed by atoms with Gasteiger partial charge in [0.1, 0.15) is 5.75 Å². The number of rotatable bonds is 4. The van der Waals surface area contributed by atoms with Crippen LogP contribution in [0.25, 0.3) is 0 Å². The molecule has 0 saturated carbocycles. The Morgan fingerprint density at radius 3 is 2.37 bits per heavy atom. The van der Waals surface area contributed by atoms with Gasteiger partial charge in [-0.25, -0.2) is 0 Å². The van der Waals surface area contributed by atoms with E-state index in [1.165, 1.54) is 0 Å². The quantitative estimate of drug-likeness (QED) is 0.835. The van der Waals surface area contributed by atoms with Crippen LogP contribution < -0.4 is 4.74 Å². The van der Waals surface area contributed by atoms with Gasteiger partial charge in [-0.15, -0.1) is 0 Å². The fraction of sp³-hybridized carbons (Fsp3) is 0.467. The summed E-state index contributed by atoms with van der Waals surface area (Å²) < 4.78 is 5.40. The maximum absolute atomic E-state index is 11.9. The summed E-state index contributed by atoms with van der Waals surface area (Å²) in [4.78, 5) is 13.5. The van der Waals surface area contributed by atoms with Gasteiger partial charge < -0.3 is 9.64 Å². The average Bonchev–Trinajstić information content (AvgIpc) is 2.34. The zero-order valence-electron chi connectivity index (χ0n) is 11.9. The second-order valence-electron chi connectivity index (χ2n) is 5.74. The van der Waals surface area contributed by atoms with E-state index in [1.54, 1.807) is 36.2 Å². The summed E-state index contributed by atoms with van der Waals surface area (Å²) in [5.74, 6) is 0.538. The standard InChI is InChI=1S/C15H20N2O2/c1-15(2,3)11-17(4)14(18)10-19-13-7-5-12(9-16)6-8-13/h5-8H,10-11H2,1-4H3. The molecule has 0 heterocycles. The van der Waals surface area contributed by atoms with Crippen LogP contribution in [0.2, 0.25) is 0 Å². The highest BCUT2D eigenvalue weighted by Gasteiger charge is 2.17. The van der Waals surface area contributed by atoms with Crippen LogP contribution in [0.5, 0.6) is 5.75 Å². The van der Waals surface area contributed by atoms with Crippen molar-refractivity contribution in [3.05, 3.63) is 29.8 Å². The fourth-order valence-corrected chi connectivity index (χ4v) is 1.68. The van der Waals surface area contributed by atoms with Crippen molar-refractivity contribution >= 4 is 5.91 Å². The lowest BCUT2D eigenvalue weighted by atomic mass is 9.96. The molecule has 1 aromatic carbocycles. The molecule has 0 unspecified atom stereocenters. The number of carbonyl (C=O) groups excluding carboxylic acids is 1. The van der Waals surface area contributed by atoms with Crippen molar-refractivity contribution < 1.29 is 9.53 Å². The number of likely N-dealkylation sites (N-methyl/N-ethyl adjacent to an activating group) is 1. The Bertz CT molecular complexity index is 466. The maximum atomic E-state index is 11.9. The van der Waals surface area contributed by atoms with Gasteiger partial charge in [0.05, 0.1) is 11.6 Å². The van der Waals surface area contributed by atoms with Gasteiger partial charge in [-0.3, -0.25) is 4.79 Å². The van der Waals surface area contributed by atoms with Crippen LogP contribution in [-0.2, 0) is 4.79 Å². The largest absolute Gasteiger partial charge is 0.484 e. The first kappa shape index (κ1) is 15.0. The van der Waals surface area contributed by atoms with E-state index in [1.807, 2.05) is 6.07 Å². The second kappa shape index (κ2) is 6.24. The van der Waals surface area contributed by atoms with E-state index in [0.717, 1.165) is 0 Å². The molecule has 0 fully saturated rings. The van der Waals surface area contributed by atoms with E-state index in [2.05, 4.69) is 20.8 Å². The van der Waals surface area contributed by atoms with E-state index in [-0.39, 0.29) is 17.9 Å². The zero-order valence-corrected chi connectivity index (χ0v) is 11.9. The fourth-order valence-electron chi connectivity index (χ4n) is 1.68. The molecule has 102 valence electrons. The molecule has 0 aliphatic rings. The lowest BCUT2D eigenvalue weighted by Gasteiger charge is -2.26. The smallest absolute Gasteiger partial charge is 0.260 e. The van der Waals surface area contributed by atoms with Gasteiger partial charge in [-0.2, -0.15) is 5.26 Å². The molecule has 0 atom stereocenters. The van der Waals surface area contributed by atoms with Crippen LogP contribution in [0.4, 0.5) is 0 Å². The van der Waals surface area contributed by atoms with Gasteiger partial charge in [0.2, 0.25) is 0 Å². The van der Waals surface area contributed by atoms with Crippen molar-refractivity contribution in [1.29, 1.82) is 5.26 Å². The summed E-state index contributed by atoms with van der Waals surface area (Å²) in [6.45, 7) is 6.94. The molecular weight excluding hydrogens is 240 g/mol. The molecule has 0 N–H and O–H groups in total. The van der Waals surface area contributed by atoms with Crippen LogP contribution in [-0.4, -0.2) is 31.0 Å². The highest BCUT2D eigenvalue weighted by atomic mass is 16.5. The maximum Gasteiger partial charge on any atom is 0.260 e. The molecule has 0 aliphatic carbocycles. The molecule has 1 aromatic rings. The third kappa shape index (κ3) is 5.43. The van der Waals surface area contributed by atoms with Crippen LogP contribution in [0, 0.1) is 16.7 Å².